The smallest absolute Gasteiger partial charge is 0.288 e. The number of ketones is 1. The number of aryl methyl sites for hydroxylation is 1. The minimum atomic E-state index is -4.42. The number of halogens is 3. The van der Waals surface area contributed by atoms with Gasteiger partial charge in [-0.2, -0.15) is 18.3 Å². The summed E-state index contributed by atoms with van der Waals surface area (Å²) in [6, 6.07) is 3.10. The van der Waals surface area contributed by atoms with Crippen LogP contribution in [-0.4, -0.2) is 16.0 Å². The molecule has 1 aromatic carbocycles. The Morgan fingerprint density at radius 1 is 1.22 bits per heavy atom. The number of rotatable bonds is 0. The number of hydrogen-bond donors (Lipinski definition) is 1. The van der Waals surface area contributed by atoms with Crippen LogP contribution < -0.4 is 0 Å². The van der Waals surface area contributed by atoms with E-state index in [1.165, 1.54) is 6.07 Å². The van der Waals surface area contributed by atoms with Gasteiger partial charge in [0.25, 0.3) is 0 Å². The van der Waals surface area contributed by atoms with E-state index in [2.05, 4.69) is 10.2 Å². The predicted molar refractivity (Wildman–Crippen MR) is 57.2 cm³/mol. The number of carbonyl (C=O) groups is 1. The van der Waals surface area contributed by atoms with Gasteiger partial charge in [0.05, 0.1) is 11.1 Å². The molecule has 2 aromatic rings. The zero-order valence-electron chi connectivity index (χ0n) is 9.22. The number of nitrogens with zero attached hydrogens (tertiary/aromatic N) is 1. The van der Waals surface area contributed by atoms with Crippen LogP contribution in [0.1, 0.15) is 27.2 Å². The second kappa shape index (κ2) is 3.22. The molecule has 1 aliphatic rings. The van der Waals surface area contributed by atoms with Crippen molar-refractivity contribution in [1.29, 1.82) is 0 Å². The molecule has 0 spiro atoms. The Labute approximate surface area is 99.6 Å². The predicted octanol–water partition coefficient (Wildman–Crippen LogP) is 2.95. The van der Waals surface area contributed by atoms with E-state index in [4.69, 9.17) is 0 Å². The summed E-state index contributed by atoms with van der Waals surface area (Å²) >= 11 is 0. The van der Waals surface area contributed by atoms with E-state index in [0.29, 0.717) is 17.0 Å². The van der Waals surface area contributed by atoms with Crippen LogP contribution in [0.25, 0.3) is 11.3 Å². The highest BCUT2D eigenvalue weighted by Crippen LogP contribution is 2.40. The average molecular weight is 252 g/mol. The van der Waals surface area contributed by atoms with Crippen LogP contribution in [0.4, 0.5) is 13.2 Å². The van der Waals surface area contributed by atoms with Crippen LogP contribution in [0.3, 0.4) is 0 Å². The summed E-state index contributed by atoms with van der Waals surface area (Å²) < 4.78 is 37.9. The first-order chi connectivity index (χ1) is 8.39. The Balaban J connectivity index is 2.26. The maximum absolute atomic E-state index is 12.6. The molecule has 92 valence electrons. The molecule has 1 N–H and O–H groups in total. The van der Waals surface area contributed by atoms with Gasteiger partial charge in [-0.05, 0) is 25.1 Å². The third-order valence-electron chi connectivity index (χ3n) is 3.02. The van der Waals surface area contributed by atoms with Gasteiger partial charge in [0.2, 0.25) is 0 Å². The molecule has 0 fully saturated rings. The van der Waals surface area contributed by atoms with Crippen molar-refractivity contribution in [3.05, 3.63) is 40.6 Å². The van der Waals surface area contributed by atoms with Gasteiger partial charge in [-0.25, -0.2) is 0 Å². The van der Waals surface area contributed by atoms with Gasteiger partial charge in [-0.3, -0.25) is 9.89 Å². The monoisotopic (exact) mass is 252 g/mol. The highest BCUT2D eigenvalue weighted by molar-refractivity contribution is 6.21. The number of aromatic amines is 1. The van der Waals surface area contributed by atoms with Crippen LogP contribution in [0.15, 0.2) is 18.2 Å². The van der Waals surface area contributed by atoms with E-state index in [0.717, 1.165) is 12.1 Å². The lowest BCUT2D eigenvalue weighted by molar-refractivity contribution is -0.137. The van der Waals surface area contributed by atoms with E-state index in [1.807, 2.05) is 0 Å². The molecule has 0 atom stereocenters. The molecule has 3 nitrogen and oxygen atoms in total. The Morgan fingerprint density at radius 2 is 1.94 bits per heavy atom. The number of H-pyrrole nitrogens is 1. The second-order valence-electron chi connectivity index (χ2n) is 4.16. The third-order valence-corrected chi connectivity index (χ3v) is 3.02. The zero-order chi connectivity index (χ0) is 13.1. The van der Waals surface area contributed by atoms with Gasteiger partial charge >= 0.3 is 6.18 Å². The van der Waals surface area contributed by atoms with Crippen LogP contribution in [0.2, 0.25) is 0 Å². The Morgan fingerprint density at radius 3 is 2.61 bits per heavy atom. The minimum absolute atomic E-state index is 0.245. The molecule has 0 amide bonds. The fourth-order valence-corrected chi connectivity index (χ4v) is 2.15. The highest BCUT2D eigenvalue weighted by Gasteiger charge is 2.36. The number of aromatic nitrogens is 2. The summed E-state index contributed by atoms with van der Waals surface area (Å²) in [6.07, 6.45) is -4.42. The number of benzene rings is 1. The van der Waals surface area contributed by atoms with Crippen molar-refractivity contribution in [3.8, 4) is 11.3 Å². The number of nitrogens with one attached hydrogen (secondary N) is 1. The molecular weight excluding hydrogens is 245 g/mol. The van der Waals surface area contributed by atoms with Crippen molar-refractivity contribution >= 4 is 5.78 Å². The molecule has 1 aromatic heterocycles. The number of hydrogen-bond acceptors (Lipinski definition) is 2. The SMILES string of the molecule is Cc1[nH]nc2c1C(=O)c1ccc(C(F)(F)F)cc1-2. The second-order valence-corrected chi connectivity index (χ2v) is 4.16. The first kappa shape index (κ1) is 11.0. The number of fused-ring (bicyclic) bond motifs is 3. The van der Waals surface area contributed by atoms with Gasteiger partial charge in [-0.15, -0.1) is 0 Å². The van der Waals surface area contributed by atoms with Gasteiger partial charge in [0.15, 0.2) is 5.78 Å². The molecule has 18 heavy (non-hydrogen) atoms. The zero-order valence-corrected chi connectivity index (χ0v) is 9.22. The minimum Gasteiger partial charge on any atom is -0.288 e. The maximum Gasteiger partial charge on any atom is 0.416 e. The third kappa shape index (κ3) is 1.32. The quantitative estimate of drug-likeness (QED) is 0.668. The lowest BCUT2D eigenvalue weighted by atomic mass is 10.0. The topological polar surface area (TPSA) is 45.8 Å². The molecule has 3 rings (SSSR count). The number of carbonyl (C=O) groups excluding carboxylic acids is 1. The molecule has 1 heterocycles. The molecule has 6 heteroatoms. The Hall–Kier alpha value is -2.11. The highest BCUT2D eigenvalue weighted by atomic mass is 19.4. The average Bonchev–Trinajstić information content (AvgIpc) is 2.79. The largest absolute Gasteiger partial charge is 0.416 e. The standard InChI is InChI=1S/C12H7F3N2O/c1-5-9-10(17-16-5)8-4-6(12(13,14)15)2-3-7(8)11(9)18/h2-4H,1H3,(H,16,17). The Kier molecular flexibility index (Phi) is 1.97. The fourth-order valence-electron chi connectivity index (χ4n) is 2.15. The maximum atomic E-state index is 12.6. The molecule has 0 aliphatic heterocycles. The summed E-state index contributed by atoms with van der Waals surface area (Å²) in [5.41, 5.74) is 0.983. The van der Waals surface area contributed by atoms with E-state index in [-0.39, 0.29) is 16.9 Å². The van der Waals surface area contributed by atoms with Crippen LogP contribution in [-0.2, 0) is 6.18 Å². The van der Waals surface area contributed by atoms with Gasteiger partial charge < -0.3 is 0 Å². The van der Waals surface area contributed by atoms with Crippen molar-refractivity contribution in [2.45, 2.75) is 13.1 Å². The first-order valence-electron chi connectivity index (χ1n) is 5.21. The van der Waals surface area contributed by atoms with Crippen molar-refractivity contribution < 1.29 is 18.0 Å². The number of alkyl halides is 3. The first-order valence-corrected chi connectivity index (χ1v) is 5.21. The van der Waals surface area contributed by atoms with Crippen molar-refractivity contribution in [1.82, 2.24) is 10.2 Å². The molecular formula is C12H7F3N2O. The Bertz CT molecular complexity index is 670. The molecule has 0 bridgehead atoms. The van der Waals surface area contributed by atoms with E-state index in [9.17, 15) is 18.0 Å². The van der Waals surface area contributed by atoms with Gasteiger partial charge in [0.1, 0.15) is 5.69 Å². The van der Waals surface area contributed by atoms with Crippen molar-refractivity contribution in [2.75, 3.05) is 0 Å². The lowest BCUT2D eigenvalue weighted by Gasteiger charge is -2.07. The summed E-state index contributed by atoms with van der Waals surface area (Å²) in [5.74, 6) is -0.278. The van der Waals surface area contributed by atoms with Crippen LogP contribution in [0.5, 0.6) is 0 Å². The van der Waals surface area contributed by atoms with Gasteiger partial charge in [-0.1, -0.05) is 0 Å². The van der Waals surface area contributed by atoms with E-state index >= 15 is 0 Å². The normalized spacial score (nSPS) is 13.7. The van der Waals surface area contributed by atoms with Crippen LogP contribution in [0, 0.1) is 6.92 Å². The van der Waals surface area contributed by atoms with Crippen molar-refractivity contribution in [3.63, 3.8) is 0 Å². The molecule has 0 saturated carbocycles. The summed E-state index contributed by atoms with van der Waals surface area (Å²) in [4.78, 5) is 12.0. The van der Waals surface area contributed by atoms with E-state index < -0.39 is 11.7 Å². The molecule has 0 unspecified atom stereocenters. The van der Waals surface area contributed by atoms with E-state index in [1.54, 1.807) is 6.92 Å². The molecule has 1 aliphatic carbocycles. The molecule has 0 radical (unpaired) electrons. The molecule has 0 saturated heterocycles. The lowest BCUT2D eigenvalue weighted by Crippen LogP contribution is -2.05. The van der Waals surface area contributed by atoms with Crippen LogP contribution >= 0.6 is 0 Å². The van der Waals surface area contributed by atoms with Gasteiger partial charge in [0, 0.05) is 16.8 Å². The summed E-state index contributed by atoms with van der Waals surface area (Å²) in [7, 11) is 0. The summed E-state index contributed by atoms with van der Waals surface area (Å²) in [5, 5.41) is 6.51. The summed E-state index contributed by atoms with van der Waals surface area (Å²) in [6.45, 7) is 1.67. The van der Waals surface area contributed by atoms with Crippen molar-refractivity contribution in [2.24, 2.45) is 0 Å². The fraction of sp³-hybridized carbons (Fsp3) is 0.167.